The van der Waals surface area contributed by atoms with Gasteiger partial charge in [-0.3, -0.25) is 4.79 Å². The van der Waals surface area contributed by atoms with Gasteiger partial charge in [0.05, 0.1) is 52.9 Å². The minimum absolute atomic E-state index is 0.346. The molecule has 0 aromatic carbocycles. The number of carbonyl (C=O) groups is 1. The Bertz CT molecular complexity index is 461. The summed E-state index contributed by atoms with van der Waals surface area (Å²) in [6.45, 7) is -0.639. The summed E-state index contributed by atoms with van der Waals surface area (Å²) in [5, 5.41) is 105. The largest absolute Gasteiger partial charge is 0.481 e. The number of rotatable bonds is 26. The maximum absolute atomic E-state index is 10.4. The van der Waals surface area contributed by atoms with Crippen LogP contribution in [-0.4, -0.2) is 150 Å². The molecule has 0 atom stereocenters. The van der Waals surface area contributed by atoms with E-state index in [1.54, 1.807) is 0 Å². The van der Waals surface area contributed by atoms with Crippen LogP contribution in [0.5, 0.6) is 0 Å². The van der Waals surface area contributed by atoms with Crippen molar-refractivity contribution in [3.63, 3.8) is 0 Å². The quantitative estimate of drug-likeness (QED) is 0.0552. The van der Waals surface area contributed by atoms with Gasteiger partial charge in [0.15, 0.2) is 0 Å². The Morgan fingerprint density at radius 3 is 0.674 bits per heavy atom. The Morgan fingerprint density at radius 2 is 0.543 bits per heavy atom. The van der Waals surface area contributed by atoms with Crippen molar-refractivity contribution in [2.45, 2.75) is 147 Å². The molecule has 0 saturated carbocycles. The molecule has 0 rings (SSSR count). The van der Waals surface area contributed by atoms with Crippen molar-refractivity contribution in [1.82, 2.24) is 0 Å². The molecule has 14 heteroatoms. The first kappa shape index (κ1) is 54.4. The third kappa shape index (κ3) is 65.6. The van der Waals surface area contributed by atoms with Crippen molar-refractivity contribution in [2.75, 3.05) is 52.9 Å². The highest BCUT2D eigenvalue weighted by Gasteiger charge is 1.98. The van der Waals surface area contributed by atoms with Gasteiger partial charge in [-0.1, -0.05) is 110 Å². The second-order valence-corrected chi connectivity index (χ2v) is 10.9. The minimum Gasteiger partial charge on any atom is -0.481 e. The van der Waals surface area contributed by atoms with E-state index in [2.05, 4.69) is 6.92 Å². The molecule has 14 nitrogen and oxygen atoms in total. The molecule has 0 saturated heterocycles. The summed E-state index contributed by atoms with van der Waals surface area (Å²) < 4.78 is 0. The van der Waals surface area contributed by atoms with Crippen LogP contribution in [0.2, 0.25) is 0 Å². The van der Waals surface area contributed by atoms with Gasteiger partial charge in [0.1, 0.15) is 24.4 Å². The first-order valence-electron chi connectivity index (χ1n) is 16.8. The van der Waals surface area contributed by atoms with Gasteiger partial charge in [-0.25, -0.2) is 0 Å². The van der Waals surface area contributed by atoms with Crippen molar-refractivity contribution in [3.8, 4) is 0 Å². The molecule has 0 bridgehead atoms. The number of aliphatic hydroxyl groups is 12. The van der Waals surface area contributed by atoms with Gasteiger partial charge in [-0.15, -0.1) is 0 Å². The Balaban J connectivity index is -0.000000188. The topological polar surface area (TPSA) is 280 Å². The Morgan fingerprint density at radius 1 is 0.370 bits per heavy atom. The van der Waals surface area contributed by atoms with Crippen LogP contribution >= 0.6 is 0 Å². The average molecular weight is 681 g/mol. The average Bonchev–Trinajstić information content (AvgIpc) is 3.08. The smallest absolute Gasteiger partial charge is 0.303 e. The zero-order valence-corrected chi connectivity index (χ0v) is 28.4. The van der Waals surface area contributed by atoms with Gasteiger partial charge in [-0.2, -0.15) is 0 Å². The standard InChI is InChI=1S/C20H40O2.4C3H8O3/c1-2-3-4-5-6-7-8-9-10-11-12-13-14-15-16-17-18-19-20(21)22;4*4-1-3(6)2-5/h2-19H2,1H3,(H,21,22);4*3-6H,1-2H2. The van der Waals surface area contributed by atoms with Gasteiger partial charge in [-0.05, 0) is 6.42 Å². The van der Waals surface area contributed by atoms with E-state index < -0.39 is 30.4 Å². The highest BCUT2D eigenvalue weighted by Crippen LogP contribution is 2.14. The maximum Gasteiger partial charge on any atom is 0.303 e. The van der Waals surface area contributed by atoms with E-state index in [4.69, 9.17) is 66.4 Å². The van der Waals surface area contributed by atoms with E-state index in [1.807, 2.05) is 0 Å². The zero-order valence-electron chi connectivity index (χ0n) is 28.4. The fourth-order valence-electron chi connectivity index (χ4n) is 3.23. The minimum atomic E-state index is -0.954. The van der Waals surface area contributed by atoms with Gasteiger partial charge in [0.25, 0.3) is 0 Å². The van der Waals surface area contributed by atoms with Crippen LogP contribution < -0.4 is 0 Å². The Kier molecular flexibility index (Phi) is 60.2. The molecule has 0 unspecified atom stereocenters. The predicted molar refractivity (Wildman–Crippen MR) is 177 cm³/mol. The summed E-state index contributed by atoms with van der Waals surface area (Å²) in [7, 11) is 0. The van der Waals surface area contributed by atoms with E-state index in [0.717, 1.165) is 12.8 Å². The SMILES string of the molecule is CCCCCCCCCCCCCCCCCCCC(=O)O.OCC(O)CO.OCC(O)CO.OCC(O)CO.OCC(O)CO. The third-order valence-corrected chi connectivity index (χ3v) is 6.18. The second kappa shape index (κ2) is 50.8. The fraction of sp³-hybridized carbons (Fsp3) is 0.969. The third-order valence-electron chi connectivity index (χ3n) is 6.18. The number of carboxylic acid groups (broad SMARTS) is 1. The number of hydrogen-bond donors (Lipinski definition) is 13. The summed E-state index contributed by atoms with van der Waals surface area (Å²) in [6, 6.07) is 0. The van der Waals surface area contributed by atoms with Crippen molar-refractivity contribution < 1.29 is 71.2 Å². The van der Waals surface area contributed by atoms with Gasteiger partial charge in [0.2, 0.25) is 0 Å². The summed E-state index contributed by atoms with van der Waals surface area (Å²) in [6.07, 6.45) is 19.3. The lowest BCUT2D eigenvalue weighted by Gasteiger charge is -2.03. The number of carboxylic acids is 1. The molecule has 0 spiro atoms. The van der Waals surface area contributed by atoms with Crippen molar-refractivity contribution in [1.29, 1.82) is 0 Å². The maximum atomic E-state index is 10.4. The molecule has 0 radical (unpaired) electrons. The zero-order chi connectivity index (χ0) is 36.3. The van der Waals surface area contributed by atoms with Gasteiger partial charge >= 0.3 is 5.97 Å². The molecule has 0 aliphatic carbocycles. The van der Waals surface area contributed by atoms with E-state index in [-0.39, 0.29) is 52.9 Å². The van der Waals surface area contributed by atoms with Crippen molar-refractivity contribution >= 4 is 5.97 Å². The lowest BCUT2D eigenvalue weighted by atomic mass is 10.0. The molecule has 0 aliphatic rings. The van der Waals surface area contributed by atoms with Crippen LogP contribution in [0, 0.1) is 0 Å². The first-order valence-corrected chi connectivity index (χ1v) is 16.8. The molecule has 13 N–H and O–H groups in total. The molecular weight excluding hydrogens is 608 g/mol. The van der Waals surface area contributed by atoms with Crippen molar-refractivity contribution in [2.24, 2.45) is 0 Å². The molecule has 0 aromatic heterocycles. The first-order chi connectivity index (χ1) is 22.0. The predicted octanol–water partition coefficient (Wildman–Crippen LogP) is 0.440. The van der Waals surface area contributed by atoms with Crippen LogP contribution in [-0.2, 0) is 4.79 Å². The molecule has 0 aliphatic heterocycles. The molecule has 0 heterocycles. The van der Waals surface area contributed by atoms with Crippen molar-refractivity contribution in [3.05, 3.63) is 0 Å². The summed E-state index contributed by atoms with van der Waals surface area (Å²) >= 11 is 0. The van der Waals surface area contributed by atoms with Crippen LogP contribution in [0.25, 0.3) is 0 Å². The second-order valence-electron chi connectivity index (χ2n) is 10.9. The molecule has 0 aromatic rings. The highest BCUT2D eigenvalue weighted by molar-refractivity contribution is 5.66. The molecule has 284 valence electrons. The molecule has 46 heavy (non-hydrogen) atoms. The monoisotopic (exact) mass is 680 g/mol. The lowest BCUT2D eigenvalue weighted by molar-refractivity contribution is -0.137. The van der Waals surface area contributed by atoms with E-state index >= 15 is 0 Å². The summed E-state index contributed by atoms with van der Waals surface area (Å²) in [5.74, 6) is -0.652. The highest BCUT2D eigenvalue weighted by atomic mass is 16.4. The van der Waals surface area contributed by atoms with E-state index in [9.17, 15) is 4.79 Å². The van der Waals surface area contributed by atoms with E-state index in [0.29, 0.717) is 6.42 Å². The number of unbranched alkanes of at least 4 members (excludes halogenated alkanes) is 16. The number of aliphatic carboxylic acids is 1. The van der Waals surface area contributed by atoms with Gasteiger partial charge in [0, 0.05) is 6.42 Å². The fourth-order valence-corrected chi connectivity index (χ4v) is 3.23. The van der Waals surface area contributed by atoms with E-state index in [1.165, 1.54) is 96.3 Å². The summed E-state index contributed by atoms with van der Waals surface area (Å²) in [5.41, 5.74) is 0. The van der Waals surface area contributed by atoms with Gasteiger partial charge < -0.3 is 66.4 Å². The molecule has 0 amide bonds. The lowest BCUT2D eigenvalue weighted by Crippen LogP contribution is -2.15. The summed E-state index contributed by atoms with van der Waals surface area (Å²) in [4.78, 5) is 10.4. The van der Waals surface area contributed by atoms with Crippen LogP contribution in [0.3, 0.4) is 0 Å². The molecule has 0 fully saturated rings. The Labute approximate surface area is 277 Å². The Hall–Kier alpha value is -1.01. The van der Waals surface area contributed by atoms with Crippen LogP contribution in [0.15, 0.2) is 0 Å². The number of hydrogen-bond acceptors (Lipinski definition) is 13. The normalized spacial score (nSPS) is 10.5. The van der Waals surface area contributed by atoms with Crippen LogP contribution in [0.4, 0.5) is 0 Å². The van der Waals surface area contributed by atoms with Crippen LogP contribution in [0.1, 0.15) is 122 Å². The number of aliphatic hydroxyl groups excluding tert-OH is 12. The molecular formula is C32H72O14.